The van der Waals surface area contributed by atoms with Crippen LogP contribution in [0.5, 0.6) is 0 Å². The first-order valence-electron chi connectivity index (χ1n) is 5.66. The van der Waals surface area contributed by atoms with Crippen molar-refractivity contribution in [3.8, 4) is 0 Å². The topological polar surface area (TPSA) is 46.2 Å². The predicted molar refractivity (Wildman–Crippen MR) is 71.8 cm³/mol. The van der Waals surface area contributed by atoms with Crippen molar-refractivity contribution in [3.05, 3.63) is 41.3 Å². The summed E-state index contributed by atoms with van der Waals surface area (Å²) in [6, 6.07) is 9.29. The van der Waals surface area contributed by atoms with E-state index in [0.29, 0.717) is 0 Å². The Morgan fingerprint density at radius 3 is 2.24 bits per heavy atom. The molecular formula is C13H19NO2S. The SMILES string of the molecule is CC(C)C(C)NS(=O)(=O)C=Cc1ccccc1. The van der Waals surface area contributed by atoms with E-state index >= 15 is 0 Å². The summed E-state index contributed by atoms with van der Waals surface area (Å²) >= 11 is 0. The molecule has 0 aromatic heterocycles. The van der Waals surface area contributed by atoms with Crippen LogP contribution in [0.3, 0.4) is 0 Å². The average molecular weight is 253 g/mol. The van der Waals surface area contributed by atoms with Crippen molar-refractivity contribution in [2.24, 2.45) is 5.92 Å². The number of rotatable bonds is 5. The molecule has 0 saturated carbocycles. The Labute approximate surface area is 104 Å². The van der Waals surface area contributed by atoms with Crippen LogP contribution >= 0.6 is 0 Å². The van der Waals surface area contributed by atoms with Crippen molar-refractivity contribution in [1.29, 1.82) is 0 Å². The highest BCUT2D eigenvalue weighted by Gasteiger charge is 2.13. The van der Waals surface area contributed by atoms with Gasteiger partial charge in [0.15, 0.2) is 0 Å². The minimum absolute atomic E-state index is 0.0691. The van der Waals surface area contributed by atoms with Crippen LogP contribution in [0.25, 0.3) is 6.08 Å². The molecule has 0 amide bonds. The van der Waals surface area contributed by atoms with Gasteiger partial charge in [0, 0.05) is 11.4 Å². The molecule has 0 aliphatic heterocycles. The average Bonchev–Trinajstić information content (AvgIpc) is 2.27. The highest BCUT2D eigenvalue weighted by atomic mass is 32.2. The molecule has 17 heavy (non-hydrogen) atoms. The zero-order valence-electron chi connectivity index (χ0n) is 10.4. The van der Waals surface area contributed by atoms with Gasteiger partial charge < -0.3 is 0 Å². The summed E-state index contributed by atoms with van der Waals surface area (Å²) in [7, 11) is -3.35. The minimum atomic E-state index is -3.35. The Hall–Kier alpha value is -1.13. The number of hydrogen-bond acceptors (Lipinski definition) is 2. The molecule has 0 aliphatic rings. The molecule has 1 aromatic carbocycles. The Kier molecular flexibility index (Phi) is 4.90. The van der Waals surface area contributed by atoms with E-state index < -0.39 is 10.0 Å². The molecule has 4 heteroatoms. The zero-order chi connectivity index (χ0) is 12.9. The van der Waals surface area contributed by atoms with Crippen LogP contribution in [0.1, 0.15) is 26.3 Å². The van der Waals surface area contributed by atoms with E-state index in [1.807, 2.05) is 51.1 Å². The molecule has 0 heterocycles. The maximum atomic E-state index is 11.7. The van der Waals surface area contributed by atoms with E-state index in [1.165, 1.54) is 5.41 Å². The summed E-state index contributed by atoms with van der Waals surface area (Å²) in [4.78, 5) is 0. The van der Waals surface area contributed by atoms with Crippen molar-refractivity contribution < 1.29 is 8.42 Å². The molecular weight excluding hydrogens is 234 g/mol. The lowest BCUT2D eigenvalue weighted by molar-refractivity contribution is 0.480. The number of hydrogen-bond donors (Lipinski definition) is 1. The second kappa shape index (κ2) is 5.98. The second-order valence-electron chi connectivity index (χ2n) is 4.41. The maximum Gasteiger partial charge on any atom is 0.233 e. The third kappa shape index (κ3) is 5.15. The predicted octanol–water partition coefficient (Wildman–Crippen LogP) is 2.62. The summed E-state index contributed by atoms with van der Waals surface area (Å²) in [5, 5.41) is 1.21. The summed E-state index contributed by atoms with van der Waals surface area (Å²) in [5.41, 5.74) is 0.870. The maximum absolute atomic E-state index is 11.7. The molecule has 3 nitrogen and oxygen atoms in total. The minimum Gasteiger partial charge on any atom is -0.209 e. The van der Waals surface area contributed by atoms with Crippen molar-refractivity contribution >= 4 is 16.1 Å². The van der Waals surface area contributed by atoms with Gasteiger partial charge in [0.2, 0.25) is 10.0 Å². The monoisotopic (exact) mass is 253 g/mol. The van der Waals surface area contributed by atoms with E-state index in [9.17, 15) is 8.42 Å². The number of nitrogens with one attached hydrogen (secondary N) is 1. The molecule has 1 atom stereocenters. The molecule has 0 radical (unpaired) electrons. The summed E-state index contributed by atoms with van der Waals surface area (Å²) in [6.45, 7) is 5.82. The quantitative estimate of drug-likeness (QED) is 0.876. The normalized spacial score (nSPS) is 14.4. The van der Waals surface area contributed by atoms with E-state index in [-0.39, 0.29) is 12.0 Å². The van der Waals surface area contributed by atoms with Crippen molar-refractivity contribution in [1.82, 2.24) is 4.72 Å². The zero-order valence-corrected chi connectivity index (χ0v) is 11.2. The van der Waals surface area contributed by atoms with E-state index in [2.05, 4.69) is 4.72 Å². The summed E-state index contributed by atoms with van der Waals surface area (Å²) in [5.74, 6) is 0.273. The fraction of sp³-hybridized carbons (Fsp3) is 0.385. The van der Waals surface area contributed by atoms with Crippen molar-refractivity contribution in [3.63, 3.8) is 0 Å². The van der Waals surface area contributed by atoms with E-state index in [1.54, 1.807) is 6.08 Å². The molecule has 1 aromatic rings. The van der Waals surface area contributed by atoms with Gasteiger partial charge in [0.1, 0.15) is 0 Å². The number of sulfonamides is 1. The second-order valence-corrected chi connectivity index (χ2v) is 6.01. The highest BCUT2D eigenvalue weighted by Crippen LogP contribution is 2.05. The fourth-order valence-electron chi connectivity index (χ4n) is 1.17. The molecule has 0 fully saturated rings. The van der Waals surface area contributed by atoms with Crippen LogP contribution in [-0.4, -0.2) is 14.5 Å². The molecule has 0 spiro atoms. The Balaban J connectivity index is 2.71. The lowest BCUT2D eigenvalue weighted by atomic mass is 10.1. The molecule has 94 valence electrons. The molecule has 0 aliphatic carbocycles. The Bertz CT molecular complexity index is 463. The lowest BCUT2D eigenvalue weighted by Gasteiger charge is -2.15. The van der Waals surface area contributed by atoms with Crippen molar-refractivity contribution in [2.75, 3.05) is 0 Å². The van der Waals surface area contributed by atoms with Gasteiger partial charge >= 0.3 is 0 Å². The Morgan fingerprint density at radius 1 is 1.12 bits per heavy atom. The number of benzene rings is 1. The first kappa shape index (κ1) is 13.9. The molecule has 0 saturated heterocycles. The molecule has 1 N–H and O–H groups in total. The van der Waals surface area contributed by atoms with Crippen LogP contribution < -0.4 is 4.72 Å². The first-order valence-corrected chi connectivity index (χ1v) is 7.21. The van der Waals surface area contributed by atoms with E-state index in [0.717, 1.165) is 5.56 Å². The van der Waals surface area contributed by atoms with Gasteiger partial charge in [0.25, 0.3) is 0 Å². The van der Waals surface area contributed by atoms with Crippen LogP contribution in [-0.2, 0) is 10.0 Å². The summed E-state index contributed by atoms with van der Waals surface area (Å²) < 4.78 is 26.1. The van der Waals surface area contributed by atoms with E-state index in [4.69, 9.17) is 0 Å². The largest absolute Gasteiger partial charge is 0.233 e. The molecule has 0 bridgehead atoms. The van der Waals surface area contributed by atoms with Crippen LogP contribution in [0.15, 0.2) is 35.7 Å². The van der Waals surface area contributed by atoms with Gasteiger partial charge in [-0.15, -0.1) is 0 Å². The van der Waals surface area contributed by atoms with Crippen LogP contribution in [0, 0.1) is 5.92 Å². The van der Waals surface area contributed by atoms with Gasteiger partial charge in [-0.05, 0) is 24.5 Å². The third-order valence-corrected chi connectivity index (χ3v) is 3.78. The van der Waals surface area contributed by atoms with Crippen LogP contribution in [0.2, 0.25) is 0 Å². The van der Waals surface area contributed by atoms with Gasteiger partial charge in [-0.2, -0.15) is 0 Å². The Morgan fingerprint density at radius 2 is 1.71 bits per heavy atom. The van der Waals surface area contributed by atoms with Gasteiger partial charge in [-0.25, -0.2) is 13.1 Å². The standard InChI is InChI=1S/C13H19NO2S/c1-11(2)12(3)14-17(15,16)10-9-13-7-5-4-6-8-13/h4-12,14H,1-3H3. The van der Waals surface area contributed by atoms with Crippen LogP contribution in [0.4, 0.5) is 0 Å². The smallest absolute Gasteiger partial charge is 0.209 e. The third-order valence-electron chi connectivity index (χ3n) is 2.59. The fourth-order valence-corrected chi connectivity index (χ4v) is 2.37. The first-order chi connectivity index (χ1) is 7.91. The highest BCUT2D eigenvalue weighted by molar-refractivity contribution is 7.92. The lowest BCUT2D eigenvalue weighted by Crippen LogP contribution is -2.34. The molecule has 1 rings (SSSR count). The van der Waals surface area contributed by atoms with Gasteiger partial charge in [-0.3, -0.25) is 0 Å². The van der Waals surface area contributed by atoms with Crippen molar-refractivity contribution in [2.45, 2.75) is 26.8 Å². The van der Waals surface area contributed by atoms with Gasteiger partial charge in [0.05, 0.1) is 0 Å². The molecule has 1 unspecified atom stereocenters. The van der Waals surface area contributed by atoms with Gasteiger partial charge in [-0.1, -0.05) is 44.2 Å². The summed E-state index contributed by atoms with van der Waals surface area (Å²) in [6.07, 6.45) is 1.59.